The Balaban J connectivity index is 2.45. The van der Waals surface area contributed by atoms with Crippen LogP contribution in [-0.2, 0) is 4.79 Å². The molecule has 1 aliphatic rings. The topological polar surface area (TPSA) is 87.5 Å². The second kappa shape index (κ2) is 9.00. The summed E-state index contributed by atoms with van der Waals surface area (Å²) in [6.07, 6.45) is 5.09. The molecule has 0 atom stereocenters. The van der Waals surface area contributed by atoms with Crippen LogP contribution >= 0.6 is 0 Å². The lowest BCUT2D eigenvalue weighted by molar-refractivity contribution is -0.121. The van der Waals surface area contributed by atoms with Crippen LogP contribution in [0.1, 0.15) is 52.9 Å². The number of nitrogens with one attached hydrogen (secondary N) is 2. The van der Waals surface area contributed by atoms with Gasteiger partial charge >= 0.3 is 6.03 Å². The van der Waals surface area contributed by atoms with Crippen molar-refractivity contribution in [2.75, 3.05) is 13.1 Å². The maximum Gasteiger partial charge on any atom is 0.321 e. The van der Waals surface area contributed by atoms with E-state index in [9.17, 15) is 9.59 Å². The molecule has 0 bridgehead atoms. The molecule has 6 nitrogen and oxygen atoms in total. The Bertz CT molecular complexity index is 339. The van der Waals surface area contributed by atoms with Gasteiger partial charge < -0.3 is 11.1 Å². The molecule has 0 spiro atoms. The largest absolute Gasteiger partial charge is 0.336 e. The minimum absolute atomic E-state index is 0.0179. The molecule has 1 saturated carbocycles. The number of rotatable bonds is 6. The fourth-order valence-electron chi connectivity index (χ4n) is 2.79. The molecule has 0 aliphatic heterocycles. The smallest absolute Gasteiger partial charge is 0.321 e. The van der Waals surface area contributed by atoms with Gasteiger partial charge in [-0.15, -0.1) is 0 Å². The van der Waals surface area contributed by atoms with E-state index in [0.29, 0.717) is 12.1 Å². The van der Waals surface area contributed by atoms with E-state index in [0.717, 1.165) is 38.6 Å². The van der Waals surface area contributed by atoms with Crippen molar-refractivity contribution in [3.63, 3.8) is 0 Å². The van der Waals surface area contributed by atoms with Crippen LogP contribution in [0.15, 0.2) is 0 Å². The van der Waals surface area contributed by atoms with Gasteiger partial charge in [-0.3, -0.25) is 15.0 Å². The fraction of sp³-hybridized carbons (Fsp3) is 0.867. The molecule has 0 unspecified atom stereocenters. The Morgan fingerprint density at radius 2 is 1.86 bits per heavy atom. The molecule has 0 heterocycles. The molecule has 1 fully saturated rings. The van der Waals surface area contributed by atoms with E-state index in [1.54, 1.807) is 0 Å². The second-order valence-corrected chi connectivity index (χ2v) is 6.22. The number of nitrogens with two attached hydrogens (primary N) is 1. The summed E-state index contributed by atoms with van der Waals surface area (Å²) in [5, 5.41) is 5.05. The first-order valence-electron chi connectivity index (χ1n) is 8.02. The number of hydrogen-bond donors (Lipinski definition) is 3. The normalized spacial score (nSPS) is 22.4. The van der Waals surface area contributed by atoms with Crippen molar-refractivity contribution in [3.8, 4) is 0 Å². The molecule has 6 heteroatoms. The highest BCUT2D eigenvalue weighted by Gasteiger charge is 2.25. The van der Waals surface area contributed by atoms with Crippen molar-refractivity contribution in [1.82, 2.24) is 15.5 Å². The van der Waals surface area contributed by atoms with Gasteiger partial charge in [-0.25, -0.2) is 4.79 Å². The van der Waals surface area contributed by atoms with Gasteiger partial charge in [0.1, 0.15) is 0 Å². The SMILES string of the molecule is CCCN(CC(=O)NC(=O)NC(C)C)C1CCC(N)CC1. The van der Waals surface area contributed by atoms with E-state index >= 15 is 0 Å². The van der Waals surface area contributed by atoms with Crippen molar-refractivity contribution >= 4 is 11.9 Å². The third-order valence-electron chi connectivity index (χ3n) is 3.79. The third-order valence-corrected chi connectivity index (χ3v) is 3.79. The van der Waals surface area contributed by atoms with Crippen LogP contribution in [0.5, 0.6) is 0 Å². The first kappa shape index (κ1) is 17.9. The predicted molar refractivity (Wildman–Crippen MR) is 83.9 cm³/mol. The molecule has 0 aromatic carbocycles. The molecule has 0 saturated heterocycles. The molecule has 4 N–H and O–H groups in total. The van der Waals surface area contributed by atoms with Crippen LogP contribution in [0.4, 0.5) is 4.79 Å². The van der Waals surface area contributed by atoms with Gasteiger partial charge in [-0.05, 0) is 52.5 Å². The highest BCUT2D eigenvalue weighted by atomic mass is 16.2. The highest BCUT2D eigenvalue weighted by Crippen LogP contribution is 2.22. The van der Waals surface area contributed by atoms with Crippen LogP contribution in [-0.4, -0.2) is 48.1 Å². The Morgan fingerprint density at radius 1 is 1.24 bits per heavy atom. The lowest BCUT2D eigenvalue weighted by Gasteiger charge is -2.35. The van der Waals surface area contributed by atoms with E-state index in [-0.39, 0.29) is 18.5 Å². The average Bonchev–Trinajstić information content (AvgIpc) is 2.37. The second-order valence-electron chi connectivity index (χ2n) is 6.22. The Hall–Kier alpha value is -1.14. The van der Waals surface area contributed by atoms with Crippen molar-refractivity contribution in [1.29, 1.82) is 0 Å². The number of carbonyl (C=O) groups excluding carboxylic acids is 2. The Labute approximate surface area is 127 Å². The number of imide groups is 1. The molecule has 0 aromatic rings. The minimum Gasteiger partial charge on any atom is -0.336 e. The number of hydrogen-bond acceptors (Lipinski definition) is 4. The summed E-state index contributed by atoms with van der Waals surface area (Å²) in [5.74, 6) is -0.239. The average molecular weight is 298 g/mol. The van der Waals surface area contributed by atoms with E-state index in [4.69, 9.17) is 5.73 Å². The molecular formula is C15H30N4O2. The van der Waals surface area contributed by atoms with Gasteiger partial charge in [0.2, 0.25) is 5.91 Å². The van der Waals surface area contributed by atoms with E-state index in [1.807, 2.05) is 13.8 Å². The van der Waals surface area contributed by atoms with Crippen LogP contribution in [0, 0.1) is 0 Å². The Kier molecular flexibility index (Phi) is 7.67. The van der Waals surface area contributed by atoms with Gasteiger partial charge in [0.25, 0.3) is 0 Å². The zero-order chi connectivity index (χ0) is 15.8. The van der Waals surface area contributed by atoms with Gasteiger partial charge in [-0.1, -0.05) is 6.92 Å². The molecule has 1 aliphatic carbocycles. The van der Waals surface area contributed by atoms with Gasteiger partial charge in [0.15, 0.2) is 0 Å². The summed E-state index contributed by atoms with van der Waals surface area (Å²) in [7, 11) is 0. The first-order valence-corrected chi connectivity index (χ1v) is 8.02. The minimum atomic E-state index is -0.419. The standard InChI is InChI=1S/C15H30N4O2/c1-4-9-19(13-7-5-12(16)6-8-13)10-14(20)18-15(21)17-11(2)3/h11-13H,4-10,16H2,1-3H3,(H2,17,18,20,21). The summed E-state index contributed by atoms with van der Waals surface area (Å²) in [6, 6.07) is 0.306. The molecule has 0 radical (unpaired) electrons. The number of amides is 3. The fourth-order valence-corrected chi connectivity index (χ4v) is 2.79. The predicted octanol–water partition coefficient (Wildman–Crippen LogP) is 1.20. The highest BCUT2D eigenvalue weighted by molar-refractivity contribution is 5.95. The zero-order valence-corrected chi connectivity index (χ0v) is 13.5. The molecule has 0 aromatic heterocycles. The maximum absolute atomic E-state index is 12.0. The maximum atomic E-state index is 12.0. The summed E-state index contributed by atoms with van der Waals surface area (Å²) in [6.45, 7) is 6.97. The van der Waals surface area contributed by atoms with Gasteiger partial charge in [-0.2, -0.15) is 0 Å². The quantitative estimate of drug-likeness (QED) is 0.687. The van der Waals surface area contributed by atoms with Crippen LogP contribution in [0.3, 0.4) is 0 Å². The van der Waals surface area contributed by atoms with Crippen molar-refractivity contribution in [2.45, 2.75) is 71.0 Å². The molecule has 1 rings (SSSR count). The van der Waals surface area contributed by atoms with E-state index in [1.165, 1.54) is 0 Å². The Morgan fingerprint density at radius 3 is 2.38 bits per heavy atom. The summed E-state index contributed by atoms with van der Waals surface area (Å²) < 4.78 is 0. The van der Waals surface area contributed by atoms with Crippen molar-refractivity contribution < 1.29 is 9.59 Å². The molecular weight excluding hydrogens is 268 g/mol. The lowest BCUT2D eigenvalue weighted by atomic mass is 9.90. The summed E-state index contributed by atoms with van der Waals surface area (Å²) >= 11 is 0. The van der Waals surface area contributed by atoms with Gasteiger partial charge in [0.05, 0.1) is 6.54 Å². The van der Waals surface area contributed by atoms with Crippen LogP contribution in [0.25, 0.3) is 0 Å². The van der Waals surface area contributed by atoms with Crippen LogP contribution < -0.4 is 16.4 Å². The summed E-state index contributed by atoms with van der Waals surface area (Å²) in [4.78, 5) is 25.7. The zero-order valence-electron chi connectivity index (χ0n) is 13.5. The molecule has 21 heavy (non-hydrogen) atoms. The van der Waals surface area contributed by atoms with Crippen LogP contribution in [0.2, 0.25) is 0 Å². The van der Waals surface area contributed by atoms with Crippen molar-refractivity contribution in [3.05, 3.63) is 0 Å². The number of nitrogens with zero attached hydrogens (tertiary/aromatic N) is 1. The molecule has 122 valence electrons. The third kappa shape index (κ3) is 6.91. The lowest BCUT2D eigenvalue weighted by Crippen LogP contribution is -2.49. The van der Waals surface area contributed by atoms with Gasteiger partial charge in [0, 0.05) is 18.1 Å². The monoisotopic (exact) mass is 298 g/mol. The van der Waals surface area contributed by atoms with Crippen molar-refractivity contribution in [2.24, 2.45) is 5.73 Å². The van der Waals surface area contributed by atoms with E-state index < -0.39 is 6.03 Å². The number of carbonyl (C=O) groups is 2. The summed E-state index contributed by atoms with van der Waals surface area (Å²) in [5.41, 5.74) is 5.93. The molecule has 3 amide bonds. The van der Waals surface area contributed by atoms with E-state index in [2.05, 4.69) is 22.5 Å². The number of urea groups is 1. The first-order chi connectivity index (χ1) is 9.92.